The third-order valence-electron chi connectivity index (χ3n) is 2.38. The van der Waals surface area contributed by atoms with Gasteiger partial charge in [0.05, 0.1) is 0 Å². The molecular formula is C16H24O2. The van der Waals surface area contributed by atoms with Crippen LogP contribution in [0.15, 0.2) is 24.3 Å². The van der Waals surface area contributed by atoms with Gasteiger partial charge in [0, 0.05) is 12.8 Å². The van der Waals surface area contributed by atoms with E-state index in [0.29, 0.717) is 18.8 Å². The first-order valence-corrected chi connectivity index (χ1v) is 6.59. The Balaban J connectivity index is 0.000000631. The second-order valence-electron chi connectivity index (χ2n) is 4.69. The molecule has 0 unspecified atom stereocenters. The first-order chi connectivity index (χ1) is 8.63. The van der Waals surface area contributed by atoms with Crippen LogP contribution in [0.3, 0.4) is 0 Å². The Bertz CT molecular complexity index is 325. The van der Waals surface area contributed by atoms with E-state index in [1.807, 2.05) is 6.92 Å². The lowest BCUT2D eigenvalue weighted by molar-refractivity contribution is -0.108. The van der Waals surface area contributed by atoms with Gasteiger partial charge in [0.25, 0.3) is 0 Å². The molecule has 1 aromatic rings. The summed E-state index contributed by atoms with van der Waals surface area (Å²) in [6.07, 6.45) is 5.12. The van der Waals surface area contributed by atoms with Crippen LogP contribution in [0.5, 0.6) is 0 Å². The van der Waals surface area contributed by atoms with Crippen LogP contribution in [0.2, 0.25) is 0 Å². The fraction of sp³-hybridized carbons (Fsp3) is 0.500. The second-order valence-corrected chi connectivity index (χ2v) is 4.69. The Labute approximate surface area is 110 Å². The summed E-state index contributed by atoms with van der Waals surface area (Å²) in [6.45, 7) is 6.26. The maximum absolute atomic E-state index is 10.2. The molecule has 1 rings (SSSR count). The number of rotatable bonds is 6. The fourth-order valence-corrected chi connectivity index (χ4v) is 1.54. The molecule has 0 N–H and O–H groups in total. The third-order valence-corrected chi connectivity index (χ3v) is 2.38. The van der Waals surface area contributed by atoms with Gasteiger partial charge in [-0.15, -0.1) is 0 Å². The predicted molar refractivity (Wildman–Crippen MR) is 75.7 cm³/mol. The van der Waals surface area contributed by atoms with Crippen LogP contribution >= 0.6 is 0 Å². The van der Waals surface area contributed by atoms with Crippen molar-refractivity contribution in [3.05, 3.63) is 35.4 Å². The molecule has 0 spiro atoms. The summed E-state index contributed by atoms with van der Waals surface area (Å²) in [4.78, 5) is 19.4. The second kappa shape index (κ2) is 10.7. The Hall–Kier alpha value is -1.44. The van der Waals surface area contributed by atoms with Crippen molar-refractivity contribution >= 4 is 12.6 Å². The average molecular weight is 248 g/mol. The van der Waals surface area contributed by atoms with Gasteiger partial charge >= 0.3 is 0 Å². The molecule has 2 heteroatoms. The van der Waals surface area contributed by atoms with Crippen LogP contribution in [0.1, 0.15) is 44.7 Å². The van der Waals surface area contributed by atoms with Gasteiger partial charge in [-0.2, -0.15) is 0 Å². The molecule has 18 heavy (non-hydrogen) atoms. The molecule has 0 aliphatic rings. The lowest BCUT2D eigenvalue weighted by Gasteiger charge is -2.05. The minimum Gasteiger partial charge on any atom is -0.303 e. The zero-order valence-corrected chi connectivity index (χ0v) is 11.7. The van der Waals surface area contributed by atoms with Crippen LogP contribution in [0.4, 0.5) is 0 Å². The van der Waals surface area contributed by atoms with E-state index in [9.17, 15) is 9.59 Å². The first-order valence-electron chi connectivity index (χ1n) is 6.59. The van der Waals surface area contributed by atoms with E-state index >= 15 is 0 Å². The molecule has 0 saturated heterocycles. The molecule has 100 valence electrons. The van der Waals surface area contributed by atoms with Crippen molar-refractivity contribution in [1.29, 1.82) is 0 Å². The number of benzene rings is 1. The predicted octanol–water partition coefficient (Wildman–Crippen LogP) is 3.61. The highest BCUT2D eigenvalue weighted by molar-refractivity contribution is 5.50. The van der Waals surface area contributed by atoms with Gasteiger partial charge in [-0.3, -0.25) is 0 Å². The van der Waals surface area contributed by atoms with E-state index in [2.05, 4.69) is 38.1 Å². The number of aryl methyl sites for hydroxylation is 1. The molecular weight excluding hydrogens is 224 g/mol. The summed E-state index contributed by atoms with van der Waals surface area (Å²) in [6, 6.07) is 8.59. The molecule has 1 aromatic carbocycles. The van der Waals surface area contributed by atoms with Crippen molar-refractivity contribution in [2.45, 2.75) is 46.5 Å². The smallest absolute Gasteiger partial charge is 0.120 e. The molecule has 0 aliphatic carbocycles. The Morgan fingerprint density at radius 2 is 1.50 bits per heavy atom. The van der Waals surface area contributed by atoms with Crippen molar-refractivity contribution in [2.75, 3.05) is 0 Å². The molecule has 0 fully saturated rings. The fourth-order valence-electron chi connectivity index (χ4n) is 1.54. The average Bonchev–Trinajstić information content (AvgIpc) is 2.37. The molecule has 0 radical (unpaired) electrons. The number of hydrogen-bond donors (Lipinski definition) is 0. The van der Waals surface area contributed by atoms with Crippen LogP contribution in [0.25, 0.3) is 0 Å². The van der Waals surface area contributed by atoms with Crippen LogP contribution in [0, 0.1) is 5.92 Å². The number of hydrogen-bond acceptors (Lipinski definition) is 2. The lowest BCUT2D eigenvalue weighted by atomic mass is 10.0. The third kappa shape index (κ3) is 8.68. The monoisotopic (exact) mass is 248 g/mol. The summed E-state index contributed by atoms with van der Waals surface area (Å²) >= 11 is 0. The summed E-state index contributed by atoms with van der Waals surface area (Å²) in [5.74, 6) is 0.704. The minimum absolute atomic E-state index is 0.628. The largest absolute Gasteiger partial charge is 0.303 e. The summed E-state index contributed by atoms with van der Waals surface area (Å²) in [5, 5.41) is 0. The van der Waals surface area contributed by atoms with Crippen molar-refractivity contribution in [1.82, 2.24) is 0 Å². The van der Waals surface area contributed by atoms with Crippen LogP contribution < -0.4 is 0 Å². The molecule has 0 atom stereocenters. The van der Waals surface area contributed by atoms with Gasteiger partial charge < -0.3 is 9.59 Å². The molecule has 2 nitrogen and oxygen atoms in total. The van der Waals surface area contributed by atoms with E-state index in [1.54, 1.807) is 0 Å². The van der Waals surface area contributed by atoms with Gasteiger partial charge in [-0.05, 0) is 29.9 Å². The molecule has 0 bridgehead atoms. The summed E-state index contributed by atoms with van der Waals surface area (Å²) in [7, 11) is 0. The highest BCUT2D eigenvalue weighted by Gasteiger charge is 1.97. The molecule has 0 aliphatic heterocycles. The van der Waals surface area contributed by atoms with Gasteiger partial charge in [0.15, 0.2) is 0 Å². The highest BCUT2D eigenvalue weighted by Crippen LogP contribution is 2.10. The normalized spacial score (nSPS) is 9.56. The molecule has 0 heterocycles. The van der Waals surface area contributed by atoms with Crippen LogP contribution in [-0.4, -0.2) is 12.6 Å². The van der Waals surface area contributed by atoms with E-state index in [0.717, 1.165) is 25.4 Å². The Kier molecular flexibility index (Phi) is 9.84. The van der Waals surface area contributed by atoms with Gasteiger partial charge in [-0.1, -0.05) is 45.0 Å². The molecule has 0 aromatic heterocycles. The quantitative estimate of drug-likeness (QED) is 0.721. The molecule has 0 amide bonds. The lowest BCUT2D eigenvalue weighted by Crippen LogP contribution is -1.94. The SMILES string of the molecule is CC(C)Cc1ccc(CCC=O)cc1.CCC=O. The maximum Gasteiger partial charge on any atom is 0.120 e. The number of carbonyl (C=O) groups is 2. The van der Waals surface area contributed by atoms with Gasteiger partial charge in [-0.25, -0.2) is 0 Å². The van der Waals surface area contributed by atoms with Crippen molar-refractivity contribution in [3.63, 3.8) is 0 Å². The van der Waals surface area contributed by atoms with Crippen LogP contribution in [-0.2, 0) is 22.4 Å². The Morgan fingerprint density at radius 3 is 1.89 bits per heavy atom. The molecule has 0 saturated carbocycles. The minimum atomic E-state index is 0.628. The van der Waals surface area contributed by atoms with Crippen molar-refractivity contribution < 1.29 is 9.59 Å². The van der Waals surface area contributed by atoms with Crippen molar-refractivity contribution in [3.8, 4) is 0 Å². The van der Waals surface area contributed by atoms with E-state index in [4.69, 9.17) is 0 Å². The summed E-state index contributed by atoms with van der Waals surface area (Å²) < 4.78 is 0. The zero-order valence-electron chi connectivity index (χ0n) is 11.7. The van der Waals surface area contributed by atoms with E-state index in [-0.39, 0.29) is 0 Å². The van der Waals surface area contributed by atoms with Gasteiger partial charge in [0.1, 0.15) is 12.6 Å². The zero-order chi connectivity index (χ0) is 13.8. The first kappa shape index (κ1) is 16.6. The number of carbonyl (C=O) groups excluding carboxylic acids is 2. The highest BCUT2D eigenvalue weighted by atomic mass is 16.1. The van der Waals surface area contributed by atoms with E-state index < -0.39 is 0 Å². The standard InChI is InChI=1S/C13H18O.C3H6O/c1-11(2)10-13-7-5-12(6-8-13)4-3-9-14;1-2-3-4/h5-9,11H,3-4,10H2,1-2H3;3H,2H2,1H3. The summed E-state index contributed by atoms with van der Waals surface area (Å²) in [5.41, 5.74) is 2.64. The topological polar surface area (TPSA) is 34.1 Å². The van der Waals surface area contributed by atoms with Gasteiger partial charge in [0.2, 0.25) is 0 Å². The Morgan fingerprint density at radius 1 is 1.00 bits per heavy atom. The number of aldehydes is 2. The maximum atomic E-state index is 10.2. The van der Waals surface area contributed by atoms with Crippen molar-refractivity contribution in [2.24, 2.45) is 5.92 Å². The van der Waals surface area contributed by atoms with E-state index in [1.165, 1.54) is 11.1 Å².